The number of likely N-dealkylation sites (tertiary alicyclic amines) is 1. The van der Waals surface area contributed by atoms with E-state index in [0.29, 0.717) is 28.7 Å². The molecule has 140 valence electrons. The van der Waals surface area contributed by atoms with Gasteiger partial charge in [0.25, 0.3) is 0 Å². The number of rotatable bonds is 6. The third-order valence-electron chi connectivity index (χ3n) is 3.86. The Labute approximate surface area is 161 Å². The molecule has 4 amide bonds. The Morgan fingerprint density at radius 3 is 2.77 bits per heavy atom. The number of anilines is 1. The third kappa shape index (κ3) is 5.72. The van der Waals surface area contributed by atoms with E-state index < -0.39 is 18.0 Å². The molecule has 0 aromatic heterocycles. The number of urea groups is 1. The number of hydrogen-bond donors (Lipinski definition) is 3. The molecule has 0 aliphatic carbocycles. The number of imide groups is 1. The molecule has 9 heteroatoms. The fourth-order valence-corrected chi connectivity index (χ4v) is 3.13. The van der Waals surface area contributed by atoms with Crippen LogP contribution >= 0.6 is 23.2 Å². The minimum atomic E-state index is -0.594. The third-order valence-corrected chi connectivity index (χ3v) is 4.41. The number of hydrogen-bond acceptors (Lipinski definition) is 4. The summed E-state index contributed by atoms with van der Waals surface area (Å²) in [4.78, 5) is 37.7. The summed E-state index contributed by atoms with van der Waals surface area (Å²) in [6.45, 7) is 4.28. The Balaban J connectivity index is 1.92. The van der Waals surface area contributed by atoms with E-state index in [1.165, 1.54) is 6.08 Å². The molecule has 0 unspecified atom stereocenters. The first kappa shape index (κ1) is 20.2. The van der Waals surface area contributed by atoms with Crippen LogP contribution in [0.1, 0.15) is 12.8 Å². The standard InChI is InChI=1S/C17H20Cl2N4O3/c1-2-7-20-17(26)22-15(24)10-23-8-3-4-14(23)16(25)21-13-6-5-11(18)9-12(13)19/h2,5-6,9,14H,1,3-4,7-8,10H2,(H,21,25)(H2,20,22,24,26)/t14-/m1/s1. The molecule has 1 saturated heterocycles. The topological polar surface area (TPSA) is 90.5 Å². The lowest BCUT2D eigenvalue weighted by Crippen LogP contribution is -2.48. The van der Waals surface area contributed by atoms with Crippen LogP contribution in [0.2, 0.25) is 10.0 Å². The summed E-state index contributed by atoms with van der Waals surface area (Å²) < 4.78 is 0. The van der Waals surface area contributed by atoms with E-state index in [0.717, 1.165) is 6.42 Å². The fourth-order valence-electron chi connectivity index (χ4n) is 2.68. The van der Waals surface area contributed by atoms with Crippen molar-refractivity contribution < 1.29 is 14.4 Å². The number of halogens is 2. The average molecular weight is 399 g/mol. The minimum Gasteiger partial charge on any atom is -0.334 e. The van der Waals surface area contributed by atoms with E-state index in [9.17, 15) is 14.4 Å². The van der Waals surface area contributed by atoms with Gasteiger partial charge in [-0.25, -0.2) is 4.79 Å². The lowest BCUT2D eigenvalue weighted by atomic mass is 10.2. The van der Waals surface area contributed by atoms with Crippen molar-refractivity contribution in [1.29, 1.82) is 0 Å². The molecule has 0 bridgehead atoms. The van der Waals surface area contributed by atoms with Gasteiger partial charge < -0.3 is 10.6 Å². The van der Waals surface area contributed by atoms with Crippen molar-refractivity contribution >= 4 is 46.7 Å². The highest BCUT2D eigenvalue weighted by atomic mass is 35.5. The maximum Gasteiger partial charge on any atom is 0.321 e. The number of nitrogens with zero attached hydrogens (tertiary/aromatic N) is 1. The molecule has 1 aromatic carbocycles. The molecule has 7 nitrogen and oxygen atoms in total. The van der Waals surface area contributed by atoms with Crippen LogP contribution < -0.4 is 16.0 Å². The van der Waals surface area contributed by atoms with Crippen LogP contribution in [-0.2, 0) is 9.59 Å². The lowest BCUT2D eigenvalue weighted by Gasteiger charge is -2.23. The fraction of sp³-hybridized carbons (Fsp3) is 0.353. The number of amides is 4. The quantitative estimate of drug-likeness (QED) is 0.641. The van der Waals surface area contributed by atoms with Crippen molar-refractivity contribution in [3.63, 3.8) is 0 Å². The van der Waals surface area contributed by atoms with Gasteiger partial charge in [0, 0.05) is 11.6 Å². The first-order valence-corrected chi connectivity index (χ1v) is 8.85. The highest BCUT2D eigenvalue weighted by Gasteiger charge is 2.32. The van der Waals surface area contributed by atoms with Crippen LogP contribution in [0.25, 0.3) is 0 Å². The molecule has 1 heterocycles. The first-order valence-electron chi connectivity index (χ1n) is 8.09. The molecule has 0 radical (unpaired) electrons. The molecule has 0 spiro atoms. The summed E-state index contributed by atoms with van der Waals surface area (Å²) in [5, 5.41) is 8.25. The number of benzene rings is 1. The van der Waals surface area contributed by atoms with E-state index in [4.69, 9.17) is 23.2 Å². The second kappa shape index (κ2) is 9.56. The summed E-state index contributed by atoms with van der Waals surface area (Å²) in [5.41, 5.74) is 0.459. The molecular formula is C17H20Cl2N4O3. The smallest absolute Gasteiger partial charge is 0.321 e. The van der Waals surface area contributed by atoms with Gasteiger partial charge >= 0.3 is 6.03 Å². The molecule has 3 N–H and O–H groups in total. The van der Waals surface area contributed by atoms with Crippen LogP contribution in [0.3, 0.4) is 0 Å². The molecule has 0 saturated carbocycles. The summed E-state index contributed by atoms with van der Waals surface area (Å²) >= 11 is 11.9. The molecule has 1 aromatic rings. The molecule has 1 fully saturated rings. The second-order valence-electron chi connectivity index (χ2n) is 5.79. The maximum absolute atomic E-state index is 12.5. The lowest BCUT2D eigenvalue weighted by molar-refractivity contribution is -0.124. The zero-order chi connectivity index (χ0) is 19.1. The van der Waals surface area contributed by atoms with Crippen LogP contribution in [0.5, 0.6) is 0 Å². The van der Waals surface area contributed by atoms with Gasteiger partial charge in [-0.2, -0.15) is 0 Å². The average Bonchev–Trinajstić information content (AvgIpc) is 3.03. The summed E-state index contributed by atoms with van der Waals surface area (Å²) in [7, 11) is 0. The van der Waals surface area contributed by atoms with E-state index in [-0.39, 0.29) is 19.0 Å². The van der Waals surface area contributed by atoms with Gasteiger partial charge in [0.1, 0.15) is 0 Å². The van der Waals surface area contributed by atoms with Crippen LogP contribution in [-0.4, -0.2) is 48.4 Å². The van der Waals surface area contributed by atoms with Crippen molar-refractivity contribution in [2.45, 2.75) is 18.9 Å². The molecular weight excluding hydrogens is 379 g/mol. The van der Waals surface area contributed by atoms with Crippen LogP contribution in [0, 0.1) is 0 Å². The van der Waals surface area contributed by atoms with Crippen molar-refractivity contribution in [2.24, 2.45) is 0 Å². The predicted molar refractivity (Wildman–Crippen MR) is 101 cm³/mol. The number of carbonyl (C=O) groups excluding carboxylic acids is 3. The van der Waals surface area contributed by atoms with Gasteiger partial charge in [-0.1, -0.05) is 29.3 Å². The largest absolute Gasteiger partial charge is 0.334 e. The van der Waals surface area contributed by atoms with Gasteiger partial charge in [0.15, 0.2) is 0 Å². The molecule has 2 rings (SSSR count). The van der Waals surface area contributed by atoms with E-state index in [1.54, 1.807) is 23.1 Å². The van der Waals surface area contributed by atoms with Crippen molar-refractivity contribution in [1.82, 2.24) is 15.5 Å². The molecule has 26 heavy (non-hydrogen) atoms. The van der Waals surface area contributed by atoms with E-state index in [1.807, 2.05) is 0 Å². The monoisotopic (exact) mass is 398 g/mol. The summed E-state index contributed by atoms with van der Waals surface area (Å²) in [6, 6.07) is 3.73. The number of nitrogens with one attached hydrogen (secondary N) is 3. The molecule has 1 aliphatic heterocycles. The maximum atomic E-state index is 12.5. The van der Waals surface area contributed by atoms with Crippen molar-refractivity contribution in [3.8, 4) is 0 Å². The Kier molecular flexibility index (Phi) is 7.44. The summed E-state index contributed by atoms with van der Waals surface area (Å²) in [5.74, 6) is -0.730. The highest BCUT2D eigenvalue weighted by molar-refractivity contribution is 6.36. The Hall–Kier alpha value is -2.09. The predicted octanol–water partition coefficient (Wildman–Crippen LogP) is 2.41. The van der Waals surface area contributed by atoms with Gasteiger partial charge in [-0.15, -0.1) is 6.58 Å². The van der Waals surface area contributed by atoms with Crippen LogP contribution in [0.15, 0.2) is 30.9 Å². The Morgan fingerprint density at radius 2 is 2.08 bits per heavy atom. The SMILES string of the molecule is C=CCNC(=O)NC(=O)CN1CCC[C@@H]1C(=O)Nc1ccc(Cl)cc1Cl. The first-order chi connectivity index (χ1) is 12.4. The van der Waals surface area contributed by atoms with Gasteiger partial charge in [0.05, 0.1) is 23.3 Å². The minimum absolute atomic E-state index is 0.0477. The zero-order valence-corrected chi connectivity index (χ0v) is 15.6. The second-order valence-corrected chi connectivity index (χ2v) is 6.63. The van der Waals surface area contributed by atoms with Gasteiger partial charge in [0.2, 0.25) is 11.8 Å². The molecule has 1 aliphatic rings. The Bertz CT molecular complexity index is 711. The zero-order valence-electron chi connectivity index (χ0n) is 14.1. The van der Waals surface area contributed by atoms with Gasteiger partial charge in [-0.05, 0) is 37.6 Å². The number of carbonyl (C=O) groups is 3. The van der Waals surface area contributed by atoms with E-state index in [2.05, 4.69) is 22.5 Å². The normalized spacial score (nSPS) is 16.8. The van der Waals surface area contributed by atoms with E-state index >= 15 is 0 Å². The van der Waals surface area contributed by atoms with Crippen molar-refractivity contribution in [2.75, 3.05) is 25.0 Å². The van der Waals surface area contributed by atoms with Gasteiger partial charge in [-0.3, -0.25) is 19.8 Å². The Morgan fingerprint density at radius 1 is 1.31 bits per heavy atom. The highest BCUT2D eigenvalue weighted by Crippen LogP contribution is 2.26. The molecule has 1 atom stereocenters. The van der Waals surface area contributed by atoms with Crippen LogP contribution in [0.4, 0.5) is 10.5 Å². The summed E-state index contributed by atoms with van der Waals surface area (Å²) in [6.07, 6.45) is 2.90. The van der Waals surface area contributed by atoms with Crippen molar-refractivity contribution in [3.05, 3.63) is 40.9 Å².